The standard InChI is InChI=1S/C16H22F2N2S/c1-9(2)10-5-3-4-6-12(10)20-13-8-7-11(16(19)21)14(17)15(13)18/h7-10,12,20H,3-6H2,1-2H3,(H2,19,21). The second-order valence-corrected chi connectivity index (χ2v) is 6.54. The molecule has 0 amide bonds. The number of nitrogens with two attached hydrogens (primary N) is 1. The molecule has 116 valence electrons. The van der Waals surface area contributed by atoms with Crippen LogP contribution in [-0.2, 0) is 0 Å². The first-order valence-corrected chi connectivity index (χ1v) is 7.87. The van der Waals surface area contributed by atoms with E-state index in [2.05, 4.69) is 19.2 Å². The van der Waals surface area contributed by atoms with Crippen LogP contribution in [0.3, 0.4) is 0 Å². The first-order valence-electron chi connectivity index (χ1n) is 7.46. The maximum Gasteiger partial charge on any atom is 0.182 e. The van der Waals surface area contributed by atoms with Gasteiger partial charge in [-0.2, -0.15) is 0 Å². The first-order chi connectivity index (χ1) is 9.91. The molecule has 1 aromatic carbocycles. The highest BCUT2D eigenvalue weighted by Crippen LogP contribution is 2.33. The molecule has 1 aromatic rings. The van der Waals surface area contributed by atoms with Crippen molar-refractivity contribution in [2.75, 3.05) is 5.32 Å². The van der Waals surface area contributed by atoms with Crippen molar-refractivity contribution < 1.29 is 8.78 Å². The zero-order valence-corrected chi connectivity index (χ0v) is 13.3. The molecule has 0 aliphatic heterocycles. The molecule has 0 bridgehead atoms. The number of halogens is 2. The summed E-state index contributed by atoms with van der Waals surface area (Å²) in [5.74, 6) is -0.860. The van der Waals surface area contributed by atoms with Crippen molar-refractivity contribution in [1.82, 2.24) is 0 Å². The van der Waals surface area contributed by atoms with Gasteiger partial charge in [-0.3, -0.25) is 0 Å². The lowest BCUT2D eigenvalue weighted by Crippen LogP contribution is -2.35. The number of thiocarbonyl (C=S) groups is 1. The average molecular weight is 312 g/mol. The van der Waals surface area contributed by atoms with Crippen molar-refractivity contribution in [1.29, 1.82) is 0 Å². The second-order valence-electron chi connectivity index (χ2n) is 6.10. The minimum absolute atomic E-state index is 0.0443. The number of nitrogens with one attached hydrogen (secondary N) is 1. The van der Waals surface area contributed by atoms with E-state index in [0.717, 1.165) is 19.3 Å². The minimum Gasteiger partial charge on any atom is -0.389 e. The van der Waals surface area contributed by atoms with E-state index in [1.54, 1.807) is 0 Å². The van der Waals surface area contributed by atoms with Crippen LogP contribution in [0.5, 0.6) is 0 Å². The Balaban J connectivity index is 2.22. The average Bonchev–Trinajstić information content (AvgIpc) is 2.44. The Morgan fingerprint density at radius 3 is 2.52 bits per heavy atom. The normalized spacial score (nSPS) is 22.3. The molecule has 3 N–H and O–H groups in total. The van der Waals surface area contributed by atoms with Crippen molar-refractivity contribution in [3.63, 3.8) is 0 Å². The first kappa shape index (κ1) is 16.1. The summed E-state index contributed by atoms with van der Waals surface area (Å²) >= 11 is 4.72. The Hall–Kier alpha value is -1.23. The molecule has 0 heterocycles. The fourth-order valence-corrected chi connectivity index (χ4v) is 3.35. The summed E-state index contributed by atoms with van der Waals surface area (Å²) in [7, 11) is 0. The number of hydrogen-bond acceptors (Lipinski definition) is 2. The van der Waals surface area contributed by atoms with E-state index in [9.17, 15) is 8.78 Å². The van der Waals surface area contributed by atoms with Crippen molar-refractivity contribution in [3.05, 3.63) is 29.3 Å². The van der Waals surface area contributed by atoms with E-state index < -0.39 is 11.6 Å². The van der Waals surface area contributed by atoms with E-state index in [4.69, 9.17) is 18.0 Å². The molecule has 1 aliphatic carbocycles. The lowest BCUT2D eigenvalue weighted by Gasteiger charge is -2.35. The summed E-state index contributed by atoms with van der Waals surface area (Å²) in [6.07, 6.45) is 4.44. The maximum atomic E-state index is 14.2. The lowest BCUT2D eigenvalue weighted by atomic mass is 9.78. The monoisotopic (exact) mass is 312 g/mol. The van der Waals surface area contributed by atoms with Crippen LogP contribution >= 0.6 is 12.2 Å². The van der Waals surface area contributed by atoms with Crippen LogP contribution < -0.4 is 11.1 Å². The van der Waals surface area contributed by atoms with Gasteiger partial charge in [-0.25, -0.2) is 8.78 Å². The zero-order chi connectivity index (χ0) is 15.6. The molecule has 0 spiro atoms. The Morgan fingerprint density at radius 2 is 1.90 bits per heavy atom. The molecule has 1 aliphatic rings. The van der Waals surface area contributed by atoms with E-state index in [1.165, 1.54) is 18.6 Å². The summed E-state index contributed by atoms with van der Waals surface area (Å²) < 4.78 is 28.1. The number of benzene rings is 1. The molecule has 2 unspecified atom stereocenters. The quantitative estimate of drug-likeness (QED) is 0.817. The maximum absolute atomic E-state index is 14.2. The largest absolute Gasteiger partial charge is 0.389 e. The SMILES string of the molecule is CC(C)C1CCCCC1Nc1ccc(C(N)=S)c(F)c1F. The Bertz CT molecular complexity index is 531. The highest BCUT2D eigenvalue weighted by Gasteiger charge is 2.28. The Kier molecular flexibility index (Phi) is 5.14. The second kappa shape index (κ2) is 6.69. The fraction of sp³-hybridized carbons (Fsp3) is 0.562. The molecule has 0 radical (unpaired) electrons. The molecular weight excluding hydrogens is 290 g/mol. The third-order valence-electron chi connectivity index (χ3n) is 4.36. The molecule has 2 nitrogen and oxygen atoms in total. The van der Waals surface area contributed by atoms with Crippen molar-refractivity contribution in [2.24, 2.45) is 17.6 Å². The van der Waals surface area contributed by atoms with Gasteiger partial charge in [-0.05, 0) is 36.8 Å². The molecule has 2 rings (SSSR count). The van der Waals surface area contributed by atoms with Gasteiger partial charge in [0.05, 0.1) is 5.69 Å². The molecular formula is C16H22F2N2S. The molecule has 2 atom stereocenters. The van der Waals surface area contributed by atoms with Crippen LogP contribution in [0.2, 0.25) is 0 Å². The van der Waals surface area contributed by atoms with Gasteiger partial charge in [-0.15, -0.1) is 0 Å². The number of rotatable bonds is 4. The van der Waals surface area contributed by atoms with Crippen LogP contribution in [0.1, 0.15) is 45.1 Å². The minimum atomic E-state index is -0.968. The van der Waals surface area contributed by atoms with Crippen LogP contribution in [0.15, 0.2) is 12.1 Å². The van der Waals surface area contributed by atoms with Crippen LogP contribution in [-0.4, -0.2) is 11.0 Å². The molecule has 21 heavy (non-hydrogen) atoms. The highest BCUT2D eigenvalue weighted by atomic mass is 32.1. The van der Waals surface area contributed by atoms with Gasteiger partial charge in [0.15, 0.2) is 11.6 Å². The lowest BCUT2D eigenvalue weighted by molar-refractivity contribution is 0.253. The molecule has 0 saturated heterocycles. The molecule has 1 fully saturated rings. The van der Waals surface area contributed by atoms with Gasteiger partial charge in [0.1, 0.15) is 4.99 Å². The van der Waals surface area contributed by atoms with Crippen LogP contribution in [0.25, 0.3) is 0 Å². The van der Waals surface area contributed by atoms with Crippen LogP contribution in [0.4, 0.5) is 14.5 Å². The summed E-state index contributed by atoms with van der Waals surface area (Å²) in [5, 5.41) is 3.19. The Labute approximate surface area is 130 Å². The van der Waals surface area contributed by atoms with Gasteiger partial charge < -0.3 is 11.1 Å². The third kappa shape index (κ3) is 3.51. The van der Waals surface area contributed by atoms with Crippen molar-refractivity contribution in [3.8, 4) is 0 Å². The summed E-state index contributed by atoms with van der Waals surface area (Å²) in [6, 6.07) is 3.15. The number of hydrogen-bond donors (Lipinski definition) is 2. The van der Waals surface area contributed by atoms with Gasteiger partial charge >= 0.3 is 0 Å². The predicted molar refractivity (Wildman–Crippen MR) is 86.5 cm³/mol. The summed E-state index contributed by atoms with van der Waals surface area (Å²) in [6.45, 7) is 4.36. The van der Waals surface area contributed by atoms with Gasteiger partial charge in [0.2, 0.25) is 0 Å². The predicted octanol–water partition coefficient (Wildman–Crippen LogP) is 4.23. The third-order valence-corrected chi connectivity index (χ3v) is 4.58. The topological polar surface area (TPSA) is 38.0 Å². The molecule has 1 saturated carbocycles. The van der Waals surface area contributed by atoms with Gasteiger partial charge in [0, 0.05) is 11.6 Å². The van der Waals surface area contributed by atoms with Gasteiger partial charge in [-0.1, -0.05) is 38.9 Å². The van der Waals surface area contributed by atoms with Gasteiger partial charge in [0.25, 0.3) is 0 Å². The highest BCUT2D eigenvalue weighted by molar-refractivity contribution is 7.80. The zero-order valence-electron chi connectivity index (χ0n) is 12.5. The van der Waals surface area contributed by atoms with E-state index in [0.29, 0.717) is 11.8 Å². The van der Waals surface area contributed by atoms with Crippen molar-refractivity contribution in [2.45, 2.75) is 45.6 Å². The van der Waals surface area contributed by atoms with E-state index in [1.807, 2.05) is 0 Å². The van der Waals surface area contributed by atoms with E-state index in [-0.39, 0.29) is 22.3 Å². The number of anilines is 1. The summed E-state index contributed by atoms with van der Waals surface area (Å²) in [5.41, 5.74) is 5.54. The fourth-order valence-electron chi connectivity index (χ4n) is 3.19. The smallest absolute Gasteiger partial charge is 0.182 e. The van der Waals surface area contributed by atoms with Crippen molar-refractivity contribution >= 4 is 22.9 Å². The molecule has 5 heteroatoms. The molecule has 0 aromatic heterocycles. The Morgan fingerprint density at radius 1 is 1.24 bits per heavy atom. The van der Waals surface area contributed by atoms with E-state index >= 15 is 0 Å². The summed E-state index contributed by atoms with van der Waals surface area (Å²) in [4.78, 5) is -0.129. The van der Waals surface area contributed by atoms with Crippen LogP contribution in [0, 0.1) is 23.5 Å².